The van der Waals surface area contributed by atoms with E-state index in [-0.39, 0.29) is 0 Å². The van der Waals surface area contributed by atoms with Crippen LogP contribution in [0.15, 0.2) is 22.7 Å². The molecule has 1 aromatic carbocycles. The summed E-state index contributed by atoms with van der Waals surface area (Å²) in [5.74, 6) is 0.975. The number of hydrogen-bond donors (Lipinski definition) is 1. The van der Waals surface area contributed by atoms with Crippen LogP contribution in [0.3, 0.4) is 0 Å². The highest BCUT2D eigenvalue weighted by Gasteiger charge is 2.20. The van der Waals surface area contributed by atoms with E-state index in [2.05, 4.69) is 33.4 Å². The first-order valence-electron chi connectivity index (χ1n) is 7.07. The number of hydrogen-bond acceptors (Lipinski definition) is 3. The molecule has 2 fully saturated rings. The summed E-state index contributed by atoms with van der Waals surface area (Å²) in [4.78, 5) is 0. The van der Waals surface area contributed by atoms with Gasteiger partial charge in [-0.15, -0.1) is 0 Å². The number of ether oxygens (including phenoxy) is 2. The van der Waals surface area contributed by atoms with Gasteiger partial charge in [0.1, 0.15) is 11.9 Å². The SMILES string of the molecule is Brc1ccc(OC2CCOCC2)cc1CNC1CC1. The second-order valence-corrected chi connectivity index (χ2v) is 6.19. The highest BCUT2D eigenvalue weighted by Crippen LogP contribution is 2.26. The van der Waals surface area contributed by atoms with E-state index in [9.17, 15) is 0 Å². The molecule has 3 nitrogen and oxygen atoms in total. The minimum Gasteiger partial charge on any atom is -0.490 e. The number of rotatable bonds is 5. The van der Waals surface area contributed by atoms with Crippen molar-refractivity contribution >= 4 is 15.9 Å². The van der Waals surface area contributed by atoms with Crippen LogP contribution in [0.2, 0.25) is 0 Å². The van der Waals surface area contributed by atoms with Crippen LogP contribution in [0.1, 0.15) is 31.2 Å². The minimum atomic E-state index is 0.305. The first-order valence-corrected chi connectivity index (χ1v) is 7.87. The lowest BCUT2D eigenvalue weighted by Gasteiger charge is -2.23. The van der Waals surface area contributed by atoms with E-state index in [1.54, 1.807) is 0 Å². The summed E-state index contributed by atoms with van der Waals surface area (Å²) < 4.78 is 12.6. The predicted molar refractivity (Wildman–Crippen MR) is 78.5 cm³/mol. The van der Waals surface area contributed by atoms with E-state index in [0.717, 1.165) is 48.9 Å². The van der Waals surface area contributed by atoms with Crippen LogP contribution in [-0.4, -0.2) is 25.4 Å². The average Bonchev–Trinajstić information content (AvgIpc) is 3.25. The van der Waals surface area contributed by atoms with Gasteiger partial charge in [0, 0.05) is 29.9 Å². The van der Waals surface area contributed by atoms with Crippen molar-refractivity contribution in [2.45, 2.75) is 44.4 Å². The number of benzene rings is 1. The van der Waals surface area contributed by atoms with Gasteiger partial charge in [0.15, 0.2) is 0 Å². The lowest BCUT2D eigenvalue weighted by Crippen LogP contribution is -2.26. The molecule has 19 heavy (non-hydrogen) atoms. The van der Waals surface area contributed by atoms with Gasteiger partial charge in [0.05, 0.1) is 13.2 Å². The largest absolute Gasteiger partial charge is 0.490 e. The monoisotopic (exact) mass is 325 g/mol. The molecule has 0 unspecified atom stereocenters. The van der Waals surface area contributed by atoms with Gasteiger partial charge in [0.2, 0.25) is 0 Å². The third-order valence-electron chi connectivity index (χ3n) is 3.65. The summed E-state index contributed by atoms with van der Waals surface area (Å²) in [6.07, 6.45) is 4.92. The quantitative estimate of drug-likeness (QED) is 0.901. The van der Waals surface area contributed by atoms with Crippen molar-refractivity contribution in [3.63, 3.8) is 0 Å². The van der Waals surface area contributed by atoms with Crippen molar-refractivity contribution in [3.8, 4) is 5.75 Å². The molecule has 2 aliphatic rings. The maximum absolute atomic E-state index is 6.04. The Balaban J connectivity index is 1.61. The molecular formula is C15H20BrNO2. The Labute approximate surface area is 122 Å². The van der Waals surface area contributed by atoms with E-state index in [1.807, 2.05) is 6.07 Å². The van der Waals surface area contributed by atoms with Crippen molar-refractivity contribution in [3.05, 3.63) is 28.2 Å². The Hall–Kier alpha value is -0.580. The number of nitrogens with one attached hydrogen (secondary N) is 1. The molecule has 0 spiro atoms. The minimum absolute atomic E-state index is 0.305. The van der Waals surface area contributed by atoms with Crippen LogP contribution >= 0.6 is 15.9 Å². The first kappa shape index (κ1) is 13.4. The van der Waals surface area contributed by atoms with Gasteiger partial charge in [-0.1, -0.05) is 15.9 Å². The molecule has 0 aromatic heterocycles. The molecule has 0 radical (unpaired) electrons. The molecule has 1 saturated carbocycles. The molecule has 1 N–H and O–H groups in total. The van der Waals surface area contributed by atoms with E-state index < -0.39 is 0 Å². The van der Waals surface area contributed by atoms with Crippen molar-refractivity contribution in [2.24, 2.45) is 0 Å². The molecule has 1 saturated heterocycles. The molecular weight excluding hydrogens is 306 g/mol. The second-order valence-electron chi connectivity index (χ2n) is 5.34. The summed E-state index contributed by atoms with van der Waals surface area (Å²) >= 11 is 3.61. The van der Waals surface area contributed by atoms with Crippen LogP contribution < -0.4 is 10.1 Å². The molecule has 0 bridgehead atoms. The Morgan fingerprint density at radius 1 is 1.21 bits per heavy atom. The average molecular weight is 326 g/mol. The van der Waals surface area contributed by atoms with Crippen LogP contribution in [0.4, 0.5) is 0 Å². The Morgan fingerprint density at radius 3 is 2.74 bits per heavy atom. The summed E-state index contributed by atoms with van der Waals surface area (Å²) in [6.45, 7) is 2.55. The number of halogens is 1. The molecule has 1 aliphatic heterocycles. The van der Waals surface area contributed by atoms with Gasteiger partial charge in [-0.05, 0) is 36.6 Å². The van der Waals surface area contributed by atoms with Gasteiger partial charge < -0.3 is 14.8 Å². The second kappa shape index (κ2) is 6.25. The maximum atomic E-state index is 6.04. The first-order chi connectivity index (χ1) is 9.31. The lowest BCUT2D eigenvalue weighted by atomic mass is 10.1. The summed E-state index contributed by atoms with van der Waals surface area (Å²) in [7, 11) is 0. The lowest BCUT2D eigenvalue weighted by molar-refractivity contribution is 0.0255. The van der Waals surface area contributed by atoms with E-state index in [1.165, 1.54) is 18.4 Å². The van der Waals surface area contributed by atoms with Gasteiger partial charge in [0.25, 0.3) is 0 Å². The van der Waals surface area contributed by atoms with Gasteiger partial charge in [-0.2, -0.15) is 0 Å². The summed E-state index contributed by atoms with van der Waals surface area (Å²) in [5, 5.41) is 3.54. The third-order valence-corrected chi connectivity index (χ3v) is 4.42. The Kier molecular flexibility index (Phi) is 4.41. The fourth-order valence-electron chi connectivity index (χ4n) is 2.29. The molecule has 4 heteroatoms. The Morgan fingerprint density at radius 2 is 2.00 bits per heavy atom. The Bertz CT molecular complexity index is 428. The summed E-state index contributed by atoms with van der Waals surface area (Å²) in [6, 6.07) is 7.00. The zero-order valence-electron chi connectivity index (χ0n) is 11.0. The molecule has 1 heterocycles. The van der Waals surface area contributed by atoms with E-state index in [0.29, 0.717) is 6.10 Å². The molecule has 1 aromatic rings. The van der Waals surface area contributed by atoms with Gasteiger partial charge >= 0.3 is 0 Å². The molecule has 0 amide bonds. The fourth-order valence-corrected chi connectivity index (χ4v) is 2.67. The van der Waals surface area contributed by atoms with Crippen molar-refractivity contribution < 1.29 is 9.47 Å². The van der Waals surface area contributed by atoms with E-state index >= 15 is 0 Å². The van der Waals surface area contributed by atoms with Crippen molar-refractivity contribution in [2.75, 3.05) is 13.2 Å². The van der Waals surface area contributed by atoms with Gasteiger partial charge in [-0.25, -0.2) is 0 Å². The topological polar surface area (TPSA) is 30.5 Å². The maximum Gasteiger partial charge on any atom is 0.120 e. The smallest absolute Gasteiger partial charge is 0.120 e. The van der Waals surface area contributed by atoms with Crippen molar-refractivity contribution in [1.29, 1.82) is 0 Å². The molecule has 0 atom stereocenters. The highest BCUT2D eigenvalue weighted by molar-refractivity contribution is 9.10. The molecule has 3 rings (SSSR count). The third kappa shape index (κ3) is 3.94. The zero-order valence-corrected chi connectivity index (χ0v) is 12.6. The molecule has 1 aliphatic carbocycles. The van der Waals surface area contributed by atoms with Crippen LogP contribution in [0.25, 0.3) is 0 Å². The van der Waals surface area contributed by atoms with Crippen LogP contribution in [0, 0.1) is 0 Å². The standard InChI is InChI=1S/C15H20BrNO2/c16-15-4-3-14(19-13-5-7-18-8-6-13)9-11(15)10-17-12-1-2-12/h3-4,9,12-13,17H,1-2,5-8,10H2. The van der Waals surface area contributed by atoms with Crippen LogP contribution in [-0.2, 0) is 11.3 Å². The predicted octanol–water partition coefficient (Wildman–Crippen LogP) is 3.26. The highest BCUT2D eigenvalue weighted by atomic mass is 79.9. The van der Waals surface area contributed by atoms with E-state index in [4.69, 9.17) is 9.47 Å². The zero-order chi connectivity index (χ0) is 13.1. The summed E-state index contributed by atoms with van der Waals surface area (Å²) in [5.41, 5.74) is 1.27. The normalized spacial score (nSPS) is 20.5. The fraction of sp³-hybridized carbons (Fsp3) is 0.600. The van der Waals surface area contributed by atoms with Gasteiger partial charge in [-0.3, -0.25) is 0 Å². The molecule has 104 valence electrons. The van der Waals surface area contributed by atoms with Crippen molar-refractivity contribution in [1.82, 2.24) is 5.32 Å². The van der Waals surface area contributed by atoms with Crippen LogP contribution in [0.5, 0.6) is 5.75 Å².